The molecule has 194 valence electrons. The van der Waals surface area contributed by atoms with Gasteiger partial charge >= 0.3 is 6.09 Å². The Bertz CT molecular complexity index is 1560. The molecule has 0 atom stereocenters. The highest BCUT2D eigenvalue weighted by Gasteiger charge is 2.25. The molecular weight excluding hydrogens is 603 g/mol. The summed E-state index contributed by atoms with van der Waals surface area (Å²) in [4.78, 5) is 41.4. The molecule has 4 rings (SSSR count). The van der Waals surface area contributed by atoms with Crippen LogP contribution in [0.3, 0.4) is 0 Å². The molecule has 38 heavy (non-hydrogen) atoms. The fourth-order valence-electron chi connectivity index (χ4n) is 3.65. The number of rotatable bonds is 7. The number of hydrogen-bond acceptors (Lipinski definition) is 6. The van der Waals surface area contributed by atoms with E-state index < -0.39 is 16.9 Å². The number of carboxylic acid groups (broad SMARTS) is 1. The van der Waals surface area contributed by atoms with E-state index in [1.807, 2.05) is 0 Å². The molecule has 2 aromatic carbocycles. The van der Waals surface area contributed by atoms with E-state index in [0.717, 1.165) is 4.90 Å². The second-order valence-electron chi connectivity index (χ2n) is 7.94. The fraction of sp³-hybridized carbons (Fsp3) is 0.0833. The highest BCUT2D eigenvalue weighted by atomic mass is 79.9. The van der Waals surface area contributed by atoms with Gasteiger partial charge in [0.15, 0.2) is 5.82 Å². The molecule has 2 N–H and O–H groups in total. The first-order chi connectivity index (χ1) is 18.0. The summed E-state index contributed by atoms with van der Waals surface area (Å²) < 4.78 is 1.61. The number of non-ortho nitro benzene ring substituents is 1. The monoisotopic (exact) mass is 618 g/mol. The lowest BCUT2D eigenvalue weighted by atomic mass is 10.1. The Hall–Kier alpha value is -4.00. The molecule has 2 aromatic heterocycles. The van der Waals surface area contributed by atoms with Crippen molar-refractivity contribution in [3.8, 4) is 5.82 Å². The van der Waals surface area contributed by atoms with Crippen LogP contribution >= 0.6 is 39.1 Å². The number of nitrogens with zero attached hydrogens (tertiary/aromatic N) is 5. The van der Waals surface area contributed by atoms with Gasteiger partial charge < -0.3 is 10.4 Å². The number of pyridine rings is 1. The van der Waals surface area contributed by atoms with Crippen LogP contribution in [0.4, 0.5) is 21.9 Å². The summed E-state index contributed by atoms with van der Waals surface area (Å²) in [6, 6.07) is 13.2. The van der Waals surface area contributed by atoms with Gasteiger partial charge in [-0.25, -0.2) is 14.5 Å². The van der Waals surface area contributed by atoms with Gasteiger partial charge in [0.25, 0.3) is 11.6 Å². The lowest BCUT2D eigenvalue weighted by molar-refractivity contribution is -0.384. The van der Waals surface area contributed by atoms with Crippen LogP contribution < -0.4 is 10.2 Å². The molecule has 0 saturated carbocycles. The zero-order chi connectivity index (χ0) is 27.6. The van der Waals surface area contributed by atoms with Crippen molar-refractivity contribution < 1.29 is 19.6 Å². The Morgan fingerprint density at radius 1 is 1.18 bits per heavy atom. The lowest BCUT2D eigenvalue weighted by Crippen LogP contribution is -2.30. The van der Waals surface area contributed by atoms with E-state index in [2.05, 4.69) is 31.3 Å². The molecule has 2 heterocycles. The zero-order valence-electron chi connectivity index (χ0n) is 19.4. The summed E-state index contributed by atoms with van der Waals surface area (Å²) in [6.45, 7) is 1.50. The number of carbonyl (C=O) groups excluding carboxylic acids is 1. The van der Waals surface area contributed by atoms with E-state index >= 15 is 0 Å². The number of aromatic nitrogens is 3. The Balaban J connectivity index is 1.73. The van der Waals surface area contributed by atoms with Crippen molar-refractivity contribution in [3.05, 3.63) is 102 Å². The SMILES string of the molecule is Cc1cc(Cl)cc(N(Cc2ccc([N+](=O)[O-])cc2)C(=O)O)c1NC(=O)c1cc(Br)nn1-c1ncccc1Cl. The molecule has 0 aliphatic heterocycles. The zero-order valence-corrected chi connectivity index (χ0v) is 22.5. The average molecular weight is 620 g/mol. The first kappa shape index (κ1) is 27.0. The summed E-state index contributed by atoms with van der Waals surface area (Å²) >= 11 is 15.8. The van der Waals surface area contributed by atoms with E-state index in [9.17, 15) is 24.8 Å². The molecule has 0 fully saturated rings. The number of halogens is 3. The van der Waals surface area contributed by atoms with Crippen molar-refractivity contribution >= 4 is 68.2 Å². The van der Waals surface area contributed by atoms with Crippen molar-refractivity contribution in [3.63, 3.8) is 0 Å². The van der Waals surface area contributed by atoms with Crippen LogP contribution in [-0.4, -0.2) is 36.8 Å². The molecule has 0 radical (unpaired) electrons. The van der Waals surface area contributed by atoms with Crippen LogP contribution in [0, 0.1) is 17.0 Å². The Labute approximate surface area is 233 Å². The van der Waals surface area contributed by atoms with Crippen LogP contribution in [0.5, 0.6) is 0 Å². The van der Waals surface area contributed by atoms with E-state index in [1.54, 1.807) is 25.1 Å². The normalized spacial score (nSPS) is 10.7. The molecule has 14 heteroatoms. The topological polar surface area (TPSA) is 143 Å². The third kappa shape index (κ3) is 5.77. The van der Waals surface area contributed by atoms with Gasteiger partial charge in [0, 0.05) is 29.4 Å². The van der Waals surface area contributed by atoms with Gasteiger partial charge in [-0.05, 0) is 58.2 Å². The van der Waals surface area contributed by atoms with Crippen LogP contribution in [0.1, 0.15) is 21.6 Å². The number of carbonyl (C=O) groups is 2. The number of amides is 2. The molecular formula is C24H17BrCl2N6O5. The van der Waals surface area contributed by atoms with Crippen molar-refractivity contribution in [2.45, 2.75) is 13.5 Å². The summed E-state index contributed by atoms with van der Waals surface area (Å²) in [5, 5.41) is 28.5. The van der Waals surface area contributed by atoms with E-state index in [1.165, 1.54) is 47.3 Å². The Kier molecular flexibility index (Phi) is 7.95. The minimum absolute atomic E-state index is 0.0787. The molecule has 4 aromatic rings. The third-order valence-corrected chi connectivity index (χ3v) is 6.28. The van der Waals surface area contributed by atoms with Gasteiger partial charge in [0.05, 0.1) is 27.9 Å². The number of nitro groups is 1. The smallest absolute Gasteiger partial charge is 0.412 e. The summed E-state index contributed by atoms with van der Waals surface area (Å²) in [7, 11) is 0. The van der Waals surface area contributed by atoms with Gasteiger partial charge in [-0.15, -0.1) is 0 Å². The molecule has 11 nitrogen and oxygen atoms in total. The largest absolute Gasteiger partial charge is 0.465 e. The van der Waals surface area contributed by atoms with Crippen molar-refractivity contribution in [1.82, 2.24) is 14.8 Å². The van der Waals surface area contributed by atoms with Crippen LogP contribution in [0.2, 0.25) is 10.0 Å². The molecule has 0 bridgehead atoms. The molecule has 0 aliphatic rings. The van der Waals surface area contributed by atoms with E-state index in [0.29, 0.717) is 15.7 Å². The summed E-state index contributed by atoms with van der Waals surface area (Å²) in [5.41, 5.74) is 1.24. The Morgan fingerprint density at radius 3 is 2.53 bits per heavy atom. The van der Waals surface area contributed by atoms with Crippen molar-refractivity contribution in [1.29, 1.82) is 0 Å². The highest BCUT2D eigenvalue weighted by Crippen LogP contribution is 2.35. The Morgan fingerprint density at radius 2 is 1.89 bits per heavy atom. The standard InChI is InChI=1S/C24H17BrCl2N6O5/c1-13-9-15(26)10-18(31(24(35)36)12-14-4-6-16(7-5-14)33(37)38)21(13)29-23(34)19-11-20(25)30-32(19)22-17(27)3-2-8-28-22/h2-11H,12H2,1H3,(H,29,34)(H,35,36). The molecule has 0 spiro atoms. The summed E-state index contributed by atoms with van der Waals surface area (Å²) in [6.07, 6.45) is 0.177. The second kappa shape index (κ2) is 11.2. The number of aryl methyl sites for hydroxylation is 1. The summed E-state index contributed by atoms with van der Waals surface area (Å²) in [5.74, 6) is -0.388. The first-order valence-electron chi connectivity index (χ1n) is 10.8. The second-order valence-corrected chi connectivity index (χ2v) is 9.59. The number of nitro benzene ring substituents is 1. The number of anilines is 2. The van der Waals surface area contributed by atoms with Gasteiger partial charge in [-0.3, -0.25) is 19.8 Å². The molecule has 0 unspecified atom stereocenters. The van der Waals surface area contributed by atoms with Crippen LogP contribution in [-0.2, 0) is 6.54 Å². The maximum Gasteiger partial charge on any atom is 0.412 e. The average Bonchev–Trinajstić information content (AvgIpc) is 3.26. The predicted octanol–water partition coefficient (Wildman–Crippen LogP) is 6.49. The molecule has 0 saturated heterocycles. The maximum atomic E-state index is 13.4. The quantitative estimate of drug-likeness (QED) is 0.178. The number of nitrogens with one attached hydrogen (secondary N) is 1. The maximum absolute atomic E-state index is 13.4. The van der Waals surface area contributed by atoms with Gasteiger partial charge in [0.1, 0.15) is 10.3 Å². The van der Waals surface area contributed by atoms with Crippen molar-refractivity contribution in [2.24, 2.45) is 0 Å². The van der Waals surface area contributed by atoms with E-state index in [4.69, 9.17) is 23.2 Å². The minimum Gasteiger partial charge on any atom is -0.465 e. The number of benzene rings is 2. The lowest BCUT2D eigenvalue weighted by Gasteiger charge is -2.24. The minimum atomic E-state index is -1.33. The van der Waals surface area contributed by atoms with Gasteiger partial charge in [0.2, 0.25) is 0 Å². The predicted molar refractivity (Wildman–Crippen MR) is 146 cm³/mol. The molecule has 2 amide bonds. The van der Waals surface area contributed by atoms with Crippen molar-refractivity contribution in [2.75, 3.05) is 10.2 Å². The molecule has 0 aliphatic carbocycles. The van der Waals surface area contributed by atoms with Gasteiger partial charge in [-0.1, -0.05) is 35.3 Å². The highest BCUT2D eigenvalue weighted by molar-refractivity contribution is 9.10. The number of hydrogen-bond donors (Lipinski definition) is 2. The third-order valence-electron chi connectivity index (χ3n) is 5.38. The van der Waals surface area contributed by atoms with E-state index in [-0.39, 0.29) is 45.2 Å². The fourth-order valence-corrected chi connectivity index (χ4v) is 4.49. The van der Waals surface area contributed by atoms with Crippen LogP contribution in [0.15, 0.2) is 65.4 Å². The van der Waals surface area contributed by atoms with Crippen LogP contribution in [0.25, 0.3) is 5.82 Å². The first-order valence-corrected chi connectivity index (χ1v) is 12.3. The van der Waals surface area contributed by atoms with Gasteiger partial charge in [-0.2, -0.15) is 5.10 Å².